The Balaban J connectivity index is 2.17. The summed E-state index contributed by atoms with van der Waals surface area (Å²) >= 11 is 0. The van der Waals surface area contributed by atoms with Crippen molar-refractivity contribution in [3.8, 4) is 5.75 Å². The number of ether oxygens (including phenoxy) is 1. The highest BCUT2D eigenvalue weighted by Gasteiger charge is 2.35. The van der Waals surface area contributed by atoms with Crippen molar-refractivity contribution in [3.05, 3.63) is 47.5 Å². The maximum absolute atomic E-state index is 12.1. The summed E-state index contributed by atoms with van der Waals surface area (Å²) in [6.07, 6.45) is 2.05. The second kappa shape index (κ2) is 5.70. The Labute approximate surface area is 136 Å². The number of hydrogen-bond acceptors (Lipinski definition) is 3. The Kier molecular flexibility index (Phi) is 3.86. The Bertz CT molecular complexity index is 791. The number of hydrazine groups is 1. The fourth-order valence-electron chi connectivity index (χ4n) is 2.80. The number of nitrogens with one attached hydrogen (secondary N) is 2. The van der Waals surface area contributed by atoms with E-state index in [-0.39, 0.29) is 12.0 Å². The molecule has 2 aromatic carbocycles. The molecule has 2 aromatic rings. The lowest BCUT2D eigenvalue weighted by atomic mass is 9.92. The Morgan fingerprint density at radius 1 is 1.17 bits per heavy atom. The highest BCUT2D eigenvalue weighted by Crippen LogP contribution is 2.30. The van der Waals surface area contributed by atoms with Gasteiger partial charge in [0.05, 0.1) is 11.6 Å². The molecule has 23 heavy (non-hydrogen) atoms. The number of benzene rings is 2. The second-order valence-corrected chi connectivity index (χ2v) is 6.66. The molecule has 0 atom stereocenters. The first-order valence-electron chi connectivity index (χ1n) is 7.86. The van der Waals surface area contributed by atoms with Gasteiger partial charge in [0.15, 0.2) is 0 Å². The molecule has 0 aromatic heterocycles. The standard InChI is InChI=1S/C19H22N2O2/c1-12(2)23-15-9-13-7-5-6-8-16(13)14(10-15)11-17-18(22)20-21-19(17,3)4/h5-12,21H,1-4H3,(H,20,22)/b17-11+. The molecule has 4 heteroatoms. The van der Waals surface area contributed by atoms with Gasteiger partial charge in [-0.25, -0.2) is 5.43 Å². The third kappa shape index (κ3) is 3.08. The predicted molar refractivity (Wildman–Crippen MR) is 93.0 cm³/mol. The molecule has 1 aliphatic rings. The summed E-state index contributed by atoms with van der Waals surface area (Å²) in [5.41, 5.74) is 6.99. The molecule has 3 rings (SSSR count). The molecule has 120 valence electrons. The van der Waals surface area contributed by atoms with Crippen molar-refractivity contribution in [3.63, 3.8) is 0 Å². The molecular formula is C19H22N2O2. The van der Waals surface area contributed by atoms with Gasteiger partial charge < -0.3 is 4.74 Å². The van der Waals surface area contributed by atoms with E-state index in [9.17, 15) is 4.79 Å². The van der Waals surface area contributed by atoms with E-state index >= 15 is 0 Å². The lowest BCUT2D eigenvalue weighted by Crippen LogP contribution is -2.38. The van der Waals surface area contributed by atoms with Crippen molar-refractivity contribution in [2.24, 2.45) is 0 Å². The minimum atomic E-state index is -0.410. The normalized spacial score (nSPS) is 18.7. The van der Waals surface area contributed by atoms with Gasteiger partial charge in [0.25, 0.3) is 5.91 Å². The topological polar surface area (TPSA) is 50.4 Å². The van der Waals surface area contributed by atoms with Gasteiger partial charge in [-0.1, -0.05) is 24.3 Å². The molecule has 1 fully saturated rings. The number of fused-ring (bicyclic) bond motifs is 1. The molecular weight excluding hydrogens is 288 g/mol. The number of carbonyl (C=O) groups is 1. The van der Waals surface area contributed by atoms with Gasteiger partial charge in [-0.05, 0) is 62.2 Å². The van der Waals surface area contributed by atoms with Crippen molar-refractivity contribution >= 4 is 22.8 Å². The molecule has 0 radical (unpaired) electrons. The van der Waals surface area contributed by atoms with Gasteiger partial charge in [-0.15, -0.1) is 0 Å². The third-order valence-electron chi connectivity index (χ3n) is 3.95. The van der Waals surface area contributed by atoms with Crippen LogP contribution in [0.5, 0.6) is 5.75 Å². The van der Waals surface area contributed by atoms with Crippen LogP contribution in [0.2, 0.25) is 0 Å². The second-order valence-electron chi connectivity index (χ2n) is 6.66. The number of rotatable bonds is 3. The van der Waals surface area contributed by atoms with Crippen LogP contribution >= 0.6 is 0 Å². The predicted octanol–water partition coefficient (Wildman–Crippen LogP) is 3.42. The van der Waals surface area contributed by atoms with E-state index in [4.69, 9.17) is 4.74 Å². The lowest BCUT2D eigenvalue weighted by molar-refractivity contribution is -0.116. The van der Waals surface area contributed by atoms with Crippen LogP contribution in [0.25, 0.3) is 16.8 Å². The molecule has 0 spiro atoms. The molecule has 0 bridgehead atoms. The quantitative estimate of drug-likeness (QED) is 0.854. The zero-order valence-electron chi connectivity index (χ0n) is 13.9. The van der Waals surface area contributed by atoms with E-state index < -0.39 is 5.54 Å². The molecule has 0 aliphatic carbocycles. The number of hydrogen-bond donors (Lipinski definition) is 2. The van der Waals surface area contributed by atoms with Crippen molar-refractivity contribution in [1.29, 1.82) is 0 Å². The molecule has 1 amide bonds. The first-order valence-corrected chi connectivity index (χ1v) is 7.86. The monoisotopic (exact) mass is 310 g/mol. The van der Waals surface area contributed by atoms with Crippen LogP contribution in [-0.2, 0) is 4.79 Å². The van der Waals surface area contributed by atoms with Crippen molar-refractivity contribution in [2.75, 3.05) is 0 Å². The average Bonchev–Trinajstić information content (AvgIpc) is 2.73. The fraction of sp³-hybridized carbons (Fsp3) is 0.316. The van der Waals surface area contributed by atoms with E-state index in [2.05, 4.69) is 23.0 Å². The van der Waals surface area contributed by atoms with E-state index in [0.717, 1.165) is 22.1 Å². The molecule has 0 unspecified atom stereocenters. The van der Waals surface area contributed by atoms with Crippen LogP contribution in [0.4, 0.5) is 0 Å². The Morgan fingerprint density at radius 3 is 2.57 bits per heavy atom. The number of carbonyl (C=O) groups excluding carboxylic acids is 1. The molecule has 1 saturated heterocycles. The summed E-state index contributed by atoms with van der Waals surface area (Å²) in [6.45, 7) is 7.97. The van der Waals surface area contributed by atoms with Crippen LogP contribution in [-0.4, -0.2) is 17.6 Å². The van der Waals surface area contributed by atoms with Crippen LogP contribution in [0.3, 0.4) is 0 Å². The molecule has 1 heterocycles. The summed E-state index contributed by atoms with van der Waals surface area (Å²) in [5.74, 6) is 0.726. The van der Waals surface area contributed by atoms with Crippen LogP contribution in [0.15, 0.2) is 42.0 Å². The summed E-state index contributed by atoms with van der Waals surface area (Å²) in [7, 11) is 0. The lowest BCUT2D eigenvalue weighted by Gasteiger charge is -2.18. The van der Waals surface area contributed by atoms with E-state index in [1.807, 2.05) is 58.0 Å². The number of amides is 1. The van der Waals surface area contributed by atoms with E-state index in [0.29, 0.717) is 5.57 Å². The maximum Gasteiger partial charge on any atom is 0.263 e. The van der Waals surface area contributed by atoms with Crippen LogP contribution in [0.1, 0.15) is 33.3 Å². The van der Waals surface area contributed by atoms with Crippen molar-refractivity contribution in [1.82, 2.24) is 10.9 Å². The highest BCUT2D eigenvalue weighted by molar-refractivity contribution is 6.04. The van der Waals surface area contributed by atoms with E-state index in [1.165, 1.54) is 0 Å². The fourth-order valence-corrected chi connectivity index (χ4v) is 2.80. The molecule has 4 nitrogen and oxygen atoms in total. The van der Waals surface area contributed by atoms with Gasteiger partial charge in [0, 0.05) is 5.57 Å². The van der Waals surface area contributed by atoms with Gasteiger partial charge in [-0.2, -0.15) is 0 Å². The first kappa shape index (κ1) is 15.6. The summed E-state index contributed by atoms with van der Waals surface area (Å²) in [6, 6.07) is 12.2. The average molecular weight is 310 g/mol. The van der Waals surface area contributed by atoms with E-state index in [1.54, 1.807) is 0 Å². The zero-order chi connectivity index (χ0) is 16.6. The smallest absolute Gasteiger partial charge is 0.263 e. The summed E-state index contributed by atoms with van der Waals surface area (Å²) in [4.78, 5) is 12.1. The minimum Gasteiger partial charge on any atom is -0.491 e. The van der Waals surface area contributed by atoms with Crippen molar-refractivity contribution < 1.29 is 9.53 Å². The molecule has 2 N–H and O–H groups in total. The third-order valence-corrected chi connectivity index (χ3v) is 3.95. The SMILES string of the molecule is CC(C)Oc1cc(/C=C2\C(=O)NNC2(C)C)c2ccccc2c1. The van der Waals surface area contributed by atoms with Gasteiger partial charge >= 0.3 is 0 Å². The minimum absolute atomic E-state index is 0.0886. The van der Waals surface area contributed by atoms with Crippen LogP contribution < -0.4 is 15.6 Å². The largest absolute Gasteiger partial charge is 0.491 e. The maximum atomic E-state index is 12.1. The molecule has 0 saturated carbocycles. The van der Waals surface area contributed by atoms with Gasteiger partial charge in [-0.3, -0.25) is 10.2 Å². The zero-order valence-corrected chi connectivity index (χ0v) is 13.9. The Hall–Kier alpha value is -2.33. The van der Waals surface area contributed by atoms with Gasteiger partial charge in [0.1, 0.15) is 5.75 Å². The van der Waals surface area contributed by atoms with Crippen molar-refractivity contribution in [2.45, 2.75) is 39.3 Å². The van der Waals surface area contributed by atoms with Gasteiger partial charge in [0.2, 0.25) is 0 Å². The summed E-state index contributed by atoms with van der Waals surface area (Å²) < 4.78 is 5.86. The Morgan fingerprint density at radius 2 is 1.91 bits per heavy atom. The highest BCUT2D eigenvalue weighted by atomic mass is 16.5. The van der Waals surface area contributed by atoms with Crippen LogP contribution in [0, 0.1) is 0 Å². The molecule has 1 aliphatic heterocycles. The first-order chi connectivity index (χ1) is 10.9. The summed E-state index contributed by atoms with van der Waals surface area (Å²) in [5, 5.41) is 2.20.